The second kappa shape index (κ2) is 8.49. The van der Waals surface area contributed by atoms with Crippen molar-refractivity contribution in [3.63, 3.8) is 0 Å². The molecule has 0 aliphatic carbocycles. The lowest BCUT2D eigenvalue weighted by Gasteiger charge is -2.14. The smallest absolute Gasteiger partial charge is 0.313 e. The summed E-state index contributed by atoms with van der Waals surface area (Å²) in [5.41, 5.74) is 1.15. The molecule has 3 aromatic rings. The van der Waals surface area contributed by atoms with Crippen LogP contribution in [0.2, 0.25) is 5.02 Å². The molecule has 1 amide bonds. The summed E-state index contributed by atoms with van der Waals surface area (Å²) >= 11 is 5.80. The zero-order valence-electron chi connectivity index (χ0n) is 14.8. The quantitative estimate of drug-likeness (QED) is 0.470. The van der Waals surface area contributed by atoms with Gasteiger partial charge in [-0.3, -0.25) is 19.9 Å². The SMILES string of the molecule is CC(NC(=O)c1ccc(Oc2ccc(Cl)cc2[N+](=O)[O-])cc1)c1ccncc1. The zero-order chi connectivity index (χ0) is 20.1. The number of nitro groups is 1. The summed E-state index contributed by atoms with van der Waals surface area (Å²) in [7, 11) is 0. The zero-order valence-corrected chi connectivity index (χ0v) is 15.6. The number of nitrogens with one attached hydrogen (secondary N) is 1. The number of amides is 1. The monoisotopic (exact) mass is 397 g/mol. The third-order valence-corrected chi connectivity index (χ3v) is 4.25. The van der Waals surface area contributed by atoms with Crippen molar-refractivity contribution in [1.29, 1.82) is 0 Å². The van der Waals surface area contributed by atoms with Gasteiger partial charge < -0.3 is 10.1 Å². The first-order valence-corrected chi connectivity index (χ1v) is 8.74. The van der Waals surface area contributed by atoms with Gasteiger partial charge in [-0.2, -0.15) is 0 Å². The number of ether oxygens (including phenoxy) is 1. The average molecular weight is 398 g/mol. The van der Waals surface area contributed by atoms with Crippen LogP contribution in [-0.2, 0) is 0 Å². The van der Waals surface area contributed by atoms with Crippen LogP contribution in [0.15, 0.2) is 67.0 Å². The summed E-state index contributed by atoms with van der Waals surface area (Å²) in [6.07, 6.45) is 3.33. The van der Waals surface area contributed by atoms with Gasteiger partial charge >= 0.3 is 5.69 Å². The molecule has 0 radical (unpaired) electrons. The molecule has 1 unspecified atom stereocenters. The molecule has 1 N–H and O–H groups in total. The van der Waals surface area contributed by atoms with E-state index < -0.39 is 4.92 Å². The average Bonchev–Trinajstić information content (AvgIpc) is 2.70. The molecule has 0 aliphatic heterocycles. The number of pyridine rings is 1. The Balaban J connectivity index is 1.70. The lowest BCUT2D eigenvalue weighted by molar-refractivity contribution is -0.385. The Hall–Kier alpha value is -3.45. The van der Waals surface area contributed by atoms with Gasteiger partial charge in [0.05, 0.1) is 11.0 Å². The van der Waals surface area contributed by atoms with Gasteiger partial charge in [0.2, 0.25) is 5.75 Å². The maximum Gasteiger partial charge on any atom is 0.313 e. The molecule has 0 aliphatic rings. The Bertz CT molecular complexity index is 994. The van der Waals surface area contributed by atoms with Gasteiger partial charge in [-0.1, -0.05) is 11.6 Å². The normalized spacial score (nSPS) is 11.5. The maximum atomic E-state index is 12.4. The molecular formula is C20H16ClN3O4. The van der Waals surface area contributed by atoms with Crippen molar-refractivity contribution >= 4 is 23.2 Å². The van der Waals surface area contributed by atoms with E-state index in [2.05, 4.69) is 10.3 Å². The molecule has 0 saturated heterocycles. The molecule has 1 aromatic heterocycles. The van der Waals surface area contributed by atoms with Crippen LogP contribution in [0.5, 0.6) is 11.5 Å². The minimum Gasteiger partial charge on any atom is -0.450 e. The minimum absolute atomic E-state index is 0.0675. The third kappa shape index (κ3) is 4.63. The van der Waals surface area contributed by atoms with E-state index in [1.165, 1.54) is 18.2 Å². The number of carbonyl (C=O) groups is 1. The molecule has 0 spiro atoms. The number of hydrogen-bond acceptors (Lipinski definition) is 5. The molecule has 7 nitrogen and oxygen atoms in total. The van der Waals surface area contributed by atoms with Crippen LogP contribution in [-0.4, -0.2) is 15.8 Å². The predicted octanol–water partition coefficient (Wildman–Crippen LogP) is 4.93. The highest BCUT2D eigenvalue weighted by atomic mass is 35.5. The fraction of sp³-hybridized carbons (Fsp3) is 0.100. The Labute approximate surface area is 166 Å². The molecule has 0 fully saturated rings. The van der Waals surface area contributed by atoms with Gasteiger partial charge in [-0.25, -0.2) is 0 Å². The van der Waals surface area contributed by atoms with Crippen LogP contribution >= 0.6 is 11.6 Å². The highest BCUT2D eigenvalue weighted by molar-refractivity contribution is 6.30. The van der Waals surface area contributed by atoms with Gasteiger partial charge in [-0.15, -0.1) is 0 Å². The molecular weight excluding hydrogens is 382 g/mol. The standard InChI is InChI=1S/C20H16ClN3O4/c1-13(14-8-10-22-11-9-14)23-20(25)15-2-5-17(6-3-15)28-19-7-4-16(21)12-18(19)24(26)27/h2-13H,1H3,(H,23,25). The number of benzene rings is 2. The van der Waals surface area contributed by atoms with E-state index >= 15 is 0 Å². The molecule has 0 saturated carbocycles. The number of nitrogens with zero attached hydrogens (tertiary/aromatic N) is 2. The van der Waals surface area contributed by atoms with Gasteiger partial charge in [0.15, 0.2) is 0 Å². The fourth-order valence-corrected chi connectivity index (χ4v) is 2.70. The molecule has 28 heavy (non-hydrogen) atoms. The van der Waals surface area contributed by atoms with Gasteiger partial charge in [0.1, 0.15) is 5.75 Å². The molecule has 3 rings (SSSR count). The first kappa shape index (κ1) is 19.3. The molecule has 1 atom stereocenters. The van der Waals surface area contributed by atoms with E-state index in [-0.39, 0.29) is 28.4 Å². The third-order valence-electron chi connectivity index (χ3n) is 4.02. The Morgan fingerprint density at radius 1 is 1.14 bits per heavy atom. The van der Waals surface area contributed by atoms with Gasteiger partial charge in [-0.05, 0) is 61.0 Å². The van der Waals surface area contributed by atoms with Crippen LogP contribution in [0.1, 0.15) is 28.9 Å². The van der Waals surface area contributed by atoms with Crippen LogP contribution in [0.4, 0.5) is 5.69 Å². The topological polar surface area (TPSA) is 94.4 Å². The highest BCUT2D eigenvalue weighted by Crippen LogP contribution is 2.33. The number of nitro benzene ring substituents is 1. The van der Waals surface area contributed by atoms with Crippen molar-refractivity contribution < 1.29 is 14.5 Å². The van der Waals surface area contributed by atoms with Crippen molar-refractivity contribution in [2.75, 3.05) is 0 Å². The minimum atomic E-state index is -0.566. The van der Waals surface area contributed by atoms with Crippen molar-refractivity contribution in [3.8, 4) is 11.5 Å². The summed E-state index contributed by atoms with van der Waals surface area (Å²) in [6.45, 7) is 1.88. The second-order valence-corrected chi connectivity index (χ2v) is 6.41. The fourth-order valence-electron chi connectivity index (χ4n) is 2.54. The summed E-state index contributed by atoms with van der Waals surface area (Å²) in [4.78, 5) is 26.9. The van der Waals surface area contributed by atoms with E-state index in [1.54, 1.807) is 36.7 Å². The number of halogens is 1. The van der Waals surface area contributed by atoms with Crippen LogP contribution in [0, 0.1) is 10.1 Å². The number of aromatic nitrogens is 1. The van der Waals surface area contributed by atoms with Gasteiger partial charge in [0.25, 0.3) is 5.91 Å². The van der Waals surface area contributed by atoms with Crippen molar-refractivity contribution in [2.24, 2.45) is 0 Å². The van der Waals surface area contributed by atoms with E-state index in [4.69, 9.17) is 16.3 Å². The van der Waals surface area contributed by atoms with E-state index in [9.17, 15) is 14.9 Å². The first-order chi connectivity index (χ1) is 13.4. The summed E-state index contributed by atoms with van der Waals surface area (Å²) < 4.78 is 5.57. The van der Waals surface area contributed by atoms with E-state index in [0.717, 1.165) is 5.56 Å². The van der Waals surface area contributed by atoms with Crippen LogP contribution in [0.25, 0.3) is 0 Å². The molecule has 142 valence electrons. The highest BCUT2D eigenvalue weighted by Gasteiger charge is 2.17. The summed E-state index contributed by atoms with van der Waals surface area (Å²) in [5, 5.41) is 14.3. The molecule has 2 aromatic carbocycles. The lowest BCUT2D eigenvalue weighted by Crippen LogP contribution is -2.26. The van der Waals surface area contributed by atoms with E-state index in [1.807, 2.05) is 19.1 Å². The van der Waals surface area contributed by atoms with Gasteiger partial charge in [0, 0.05) is 29.0 Å². The number of hydrogen-bond donors (Lipinski definition) is 1. The van der Waals surface area contributed by atoms with E-state index in [0.29, 0.717) is 11.3 Å². The van der Waals surface area contributed by atoms with Crippen LogP contribution < -0.4 is 10.1 Å². The Morgan fingerprint density at radius 2 is 1.82 bits per heavy atom. The molecule has 0 bridgehead atoms. The summed E-state index contributed by atoms with van der Waals surface area (Å²) in [6, 6.07) is 14.0. The van der Waals surface area contributed by atoms with Crippen molar-refractivity contribution in [3.05, 3.63) is 93.3 Å². The predicted molar refractivity (Wildman–Crippen MR) is 105 cm³/mol. The van der Waals surface area contributed by atoms with Crippen molar-refractivity contribution in [1.82, 2.24) is 10.3 Å². The first-order valence-electron chi connectivity index (χ1n) is 8.36. The van der Waals surface area contributed by atoms with Crippen molar-refractivity contribution in [2.45, 2.75) is 13.0 Å². The van der Waals surface area contributed by atoms with Crippen LogP contribution in [0.3, 0.4) is 0 Å². The lowest BCUT2D eigenvalue weighted by atomic mass is 10.1. The molecule has 1 heterocycles. The molecule has 8 heteroatoms. The Kier molecular flexibility index (Phi) is 5.86. The maximum absolute atomic E-state index is 12.4. The number of carbonyl (C=O) groups excluding carboxylic acids is 1. The largest absolute Gasteiger partial charge is 0.450 e. The number of rotatable bonds is 6. The Morgan fingerprint density at radius 3 is 2.46 bits per heavy atom. The second-order valence-electron chi connectivity index (χ2n) is 5.97. The summed E-state index contributed by atoms with van der Waals surface area (Å²) in [5.74, 6) is 0.190.